The minimum absolute atomic E-state index is 0.441. The second kappa shape index (κ2) is 78.8. The molecule has 0 saturated heterocycles. The summed E-state index contributed by atoms with van der Waals surface area (Å²) < 4.78 is 5.35. The Morgan fingerprint density at radius 3 is 0.523 bits per heavy atom. The van der Waals surface area contributed by atoms with Crippen LogP contribution in [0, 0.1) is 5.92 Å². The Bertz CT molecular complexity index is 1240. The highest BCUT2D eigenvalue weighted by Gasteiger charge is 2.25. The first-order valence-electron chi connectivity index (χ1n) is 42.0. The second-order valence-corrected chi connectivity index (χ2v) is 29.7. The average molecular weight is 1240 g/mol. The predicted octanol–water partition coefficient (Wildman–Crippen LogP) is 30.1. The van der Waals surface area contributed by atoms with Crippen LogP contribution >= 0.6 is 0 Å². The third-order valence-corrected chi connectivity index (χ3v) is 20.9. The minimum Gasteiger partial charge on any atom is -0.481 e. The standard InChI is InChI=1S/C84H168O4/c1-4-5-6-7-8-9-10-11-12-13-14-15-49-52-55-58-61-64-67-70-73-76-79-82(84(86)87)83(85)80-77-74-71-68-65-62-59-56-53-50-47-45-43-41-39-37-35-33-31-29-27-25-23-21-19-17-16-18-20-22-24-26-28-30-32-34-36-38-40-42-44-46-48-51-54-57-60-63-66-69-72-75-78-81(2)88-3/h81-83,85H,4-80H2,1-3H3,(H,86,87). The van der Waals surface area contributed by atoms with Crippen LogP contribution in [0.25, 0.3) is 0 Å². The molecule has 0 aliphatic rings. The monoisotopic (exact) mass is 1240 g/mol. The number of hydrogen-bond donors (Lipinski definition) is 2. The largest absolute Gasteiger partial charge is 0.481 e. The highest BCUT2D eigenvalue weighted by molar-refractivity contribution is 5.70. The molecule has 3 unspecified atom stereocenters. The maximum absolute atomic E-state index is 12.0. The molecule has 0 bridgehead atoms. The van der Waals surface area contributed by atoms with Crippen molar-refractivity contribution in [2.45, 2.75) is 520 Å². The SMILES string of the molecule is CCCCCCCCCCCCCCCCCCCCCCCCC(C(=O)O)C(O)CCCCCCCCCCCCCCCCCCCCCCCCCCCCCCCCCCCCCCCCCCCCCCCCCCCCCCC(C)OC. The third-order valence-electron chi connectivity index (χ3n) is 20.9. The van der Waals surface area contributed by atoms with Gasteiger partial charge >= 0.3 is 5.97 Å². The molecule has 0 rings (SSSR count). The molecule has 0 radical (unpaired) electrons. The molecule has 0 aliphatic carbocycles. The number of hydrogen-bond acceptors (Lipinski definition) is 3. The van der Waals surface area contributed by atoms with Crippen LogP contribution in [-0.4, -0.2) is 35.5 Å². The van der Waals surface area contributed by atoms with Gasteiger partial charge in [0.25, 0.3) is 0 Å². The molecule has 528 valence electrons. The molecule has 88 heavy (non-hydrogen) atoms. The van der Waals surface area contributed by atoms with Gasteiger partial charge in [0.15, 0.2) is 0 Å². The highest BCUT2D eigenvalue weighted by atomic mass is 16.5. The van der Waals surface area contributed by atoms with Gasteiger partial charge in [0.1, 0.15) is 0 Å². The molecule has 3 atom stereocenters. The van der Waals surface area contributed by atoms with E-state index in [0.29, 0.717) is 18.9 Å². The van der Waals surface area contributed by atoms with Gasteiger partial charge in [-0.25, -0.2) is 0 Å². The normalized spacial score (nSPS) is 12.9. The summed E-state index contributed by atoms with van der Waals surface area (Å²) in [6.45, 7) is 4.49. The van der Waals surface area contributed by atoms with Crippen molar-refractivity contribution in [3.63, 3.8) is 0 Å². The number of rotatable bonds is 81. The number of methoxy groups -OCH3 is 1. The summed E-state index contributed by atoms with van der Waals surface area (Å²) >= 11 is 0. The lowest BCUT2D eigenvalue weighted by Crippen LogP contribution is -2.28. The van der Waals surface area contributed by atoms with Gasteiger partial charge in [0.2, 0.25) is 0 Å². The topological polar surface area (TPSA) is 66.8 Å². The Kier molecular flexibility index (Phi) is 78.3. The molecule has 0 fully saturated rings. The fourth-order valence-electron chi connectivity index (χ4n) is 14.4. The van der Waals surface area contributed by atoms with Gasteiger partial charge in [-0.3, -0.25) is 4.79 Å². The number of aliphatic carboxylic acids is 1. The van der Waals surface area contributed by atoms with E-state index >= 15 is 0 Å². The molecule has 4 heteroatoms. The quantitative estimate of drug-likeness (QED) is 0.0596. The number of carbonyl (C=O) groups is 1. The van der Waals surface area contributed by atoms with Crippen LogP contribution in [0.4, 0.5) is 0 Å². The Labute approximate surface area is 556 Å². The molecule has 4 nitrogen and oxygen atoms in total. The molecule has 2 N–H and O–H groups in total. The van der Waals surface area contributed by atoms with Crippen molar-refractivity contribution < 1.29 is 19.7 Å². The zero-order valence-corrected chi connectivity index (χ0v) is 61.4. The lowest BCUT2D eigenvalue weighted by molar-refractivity contribution is -0.146. The van der Waals surface area contributed by atoms with E-state index in [1.807, 2.05) is 7.11 Å². The fraction of sp³-hybridized carbons (Fsp3) is 0.988. The van der Waals surface area contributed by atoms with Gasteiger partial charge < -0.3 is 14.9 Å². The van der Waals surface area contributed by atoms with E-state index < -0.39 is 18.0 Å². The first-order valence-corrected chi connectivity index (χ1v) is 42.0. The highest BCUT2D eigenvalue weighted by Crippen LogP contribution is 2.24. The van der Waals surface area contributed by atoms with E-state index in [1.165, 1.54) is 456 Å². The summed E-state index contributed by atoms with van der Waals surface area (Å²) in [4.78, 5) is 12.0. The first kappa shape index (κ1) is 87.4. The van der Waals surface area contributed by atoms with Crippen LogP contribution in [0.15, 0.2) is 0 Å². The lowest BCUT2D eigenvalue weighted by Gasteiger charge is -2.19. The molecular weight excluding hydrogens is 1070 g/mol. The summed E-state index contributed by atoms with van der Waals surface area (Å²) in [6.07, 6.45) is 107. The average Bonchev–Trinajstić information content (AvgIpc) is 3.61. The van der Waals surface area contributed by atoms with Crippen molar-refractivity contribution in [3.8, 4) is 0 Å². The van der Waals surface area contributed by atoms with Gasteiger partial charge in [-0.15, -0.1) is 0 Å². The molecule has 0 aromatic rings. The van der Waals surface area contributed by atoms with Gasteiger partial charge in [-0.05, 0) is 26.2 Å². The second-order valence-electron chi connectivity index (χ2n) is 29.7. The summed E-state index contributed by atoms with van der Waals surface area (Å²) in [5.41, 5.74) is 0. The summed E-state index contributed by atoms with van der Waals surface area (Å²) in [5.74, 6) is -1.38. The van der Waals surface area contributed by atoms with Crippen molar-refractivity contribution in [1.82, 2.24) is 0 Å². The van der Waals surface area contributed by atoms with E-state index in [0.717, 1.165) is 25.7 Å². The molecule has 0 heterocycles. The van der Waals surface area contributed by atoms with Crippen molar-refractivity contribution in [2.75, 3.05) is 7.11 Å². The molecule has 0 aliphatic heterocycles. The third kappa shape index (κ3) is 74.4. The zero-order valence-electron chi connectivity index (χ0n) is 61.4. The maximum atomic E-state index is 12.0. The Hall–Kier alpha value is -0.610. The molecule has 0 aromatic carbocycles. The number of carboxylic acid groups (broad SMARTS) is 1. The maximum Gasteiger partial charge on any atom is 0.309 e. The van der Waals surface area contributed by atoms with Crippen molar-refractivity contribution >= 4 is 5.97 Å². The van der Waals surface area contributed by atoms with Gasteiger partial charge in [-0.2, -0.15) is 0 Å². The molecule has 0 saturated carbocycles. The van der Waals surface area contributed by atoms with E-state index in [2.05, 4.69) is 13.8 Å². The van der Waals surface area contributed by atoms with Gasteiger partial charge in [0.05, 0.1) is 18.1 Å². The van der Waals surface area contributed by atoms with Crippen LogP contribution in [0.5, 0.6) is 0 Å². The Morgan fingerprint density at radius 1 is 0.239 bits per heavy atom. The van der Waals surface area contributed by atoms with E-state index in [-0.39, 0.29) is 0 Å². The summed E-state index contributed by atoms with van der Waals surface area (Å²) in [7, 11) is 1.83. The van der Waals surface area contributed by atoms with Crippen LogP contribution in [0.1, 0.15) is 508 Å². The van der Waals surface area contributed by atoms with Gasteiger partial charge in [0, 0.05) is 7.11 Å². The molecule has 0 aromatic heterocycles. The van der Waals surface area contributed by atoms with E-state index in [9.17, 15) is 15.0 Å². The van der Waals surface area contributed by atoms with Crippen LogP contribution < -0.4 is 0 Å². The number of ether oxygens (including phenoxy) is 1. The first-order chi connectivity index (χ1) is 43.5. The Balaban J connectivity index is 3.27. The minimum atomic E-state index is -0.798. The molecule has 0 spiro atoms. The predicted molar refractivity (Wildman–Crippen MR) is 395 cm³/mol. The molecular formula is C84H168O4. The molecule has 0 amide bonds. The van der Waals surface area contributed by atoms with Crippen LogP contribution in [0.2, 0.25) is 0 Å². The summed E-state index contributed by atoms with van der Waals surface area (Å²) in [5, 5.41) is 20.5. The summed E-state index contributed by atoms with van der Waals surface area (Å²) in [6, 6.07) is 0. The zero-order chi connectivity index (χ0) is 63.5. The number of unbranched alkanes of at least 4 members (excludes halogenated alkanes) is 72. The van der Waals surface area contributed by atoms with Crippen molar-refractivity contribution in [1.29, 1.82) is 0 Å². The smallest absolute Gasteiger partial charge is 0.309 e. The number of aliphatic hydroxyl groups excluding tert-OH is 1. The lowest BCUT2D eigenvalue weighted by atomic mass is 9.91. The van der Waals surface area contributed by atoms with E-state index in [4.69, 9.17) is 4.74 Å². The van der Waals surface area contributed by atoms with Gasteiger partial charge in [-0.1, -0.05) is 482 Å². The van der Waals surface area contributed by atoms with E-state index in [1.54, 1.807) is 0 Å². The fourth-order valence-corrected chi connectivity index (χ4v) is 14.4. The number of carboxylic acids is 1. The Morgan fingerprint density at radius 2 is 0.375 bits per heavy atom. The van der Waals surface area contributed by atoms with Crippen molar-refractivity contribution in [2.24, 2.45) is 5.92 Å². The van der Waals surface area contributed by atoms with Crippen LogP contribution in [-0.2, 0) is 9.53 Å². The van der Waals surface area contributed by atoms with Crippen LogP contribution in [0.3, 0.4) is 0 Å². The van der Waals surface area contributed by atoms with Crippen molar-refractivity contribution in [3.05, 3.63) is 0 Å². The number of aliphatic hydroxyl groups is 1.